The van der Waals surface area contributed by atoms with E-state index < -0.39 is 0 Å². The van der Waals surface area contributed by atoms with E-state index in [2.05, 4.69) is 34.6 Å². The van der Waals surface area contributed by atoms with Gasteiger partial charge in [-0.1, -0.05) is 12.5 Å². The second-order valence-electron chi connectivity index (χ2n) is 4.41. The highest BCUT2D eigenvalue weighted by molar-refractivity contribution is 5.79. The maximum Gasteiger partial charge on any atom is 0.0454 e. The molecule has 0 aliphatic heterocycles. The molecule has 2 heteroatoms. The van der Waals surface area contributed by atoms with Gasteiger partial charge in [-0.3, -0.25) is 0 Å². The Bertz CT molecular complexity index is 454. The average molecular weight is 200 g/mol. The number of hydrogen-bond donors (Lipinski definition) is 2. The van der Waals surface area contributed by atoms with Crippen LogP contribution in [0.1, 0.15) is 24.8 Å². The van der Waals surface area contributed by atoms with Gasteiger partial charge in [-0.15, -0.1) is 0 Å². The SMILES string of the molecule is c1cc2cc(CNC3CCC3)ccc2[nH]1. The van der Waals surface area contributed by atoms with E-state index in [1.165, 1.54) is 35.7 Å². The van der Waals surface area contributed by atoms with Crippen LogP contribution in [0, 0.1) is 0 Å². The van der Waals surface area contributed by atoms with Crippen LogP contribution in [0.25, 0.3) is 10.9 Å². The lowest BCUT2D eigenvalue weighted by atomic mass is 9.93. The van der Waals surface area contributed by atoms with Crippen molar-refractivity contribution in [2.24, 2.45) is 0 Å². The Kier molecular flexibility index (Phi) is 2.22. The van der Waals surface area contributed by atoms with Crippen molar-refractivity contribution in [2.45, 2.75) is 31.8 Å². The van der Waals surface area contributed by atoms with Crippen LogP contribution in [-0.2, 0) is 6.54 Å². The number of aromatic amines is 1. The first kappa shape index (κ1) is 8.98. The minimum Gasteiger partial charge on any atom is -0.361 e. The molecule has 0 amide bonds. The van der Waals surface area contributed by atoms with Crippen LogP contribution in [0.3, 0.4) is 0 Å². The predicted octanol–water partition coefficient (Wildman–Crippen LogP) is 2.81. The topological polar surface area (TPSA) is 27.8 Å². The summed E-state index contributed by atoms with van der Waals surface area (Å²) in [6, 6.07) is 9.52. The second kappa shape index (κ2) is 3.70. The summed E-state index contributed by atoms with van der Waals surface area (Å²) in [6.07, 6.45) is 6.10. The Morgan fingerprint density at radius 3 is 3.00 bits per heavy atom. The smallest absolute Gasteiger partial charge is 0.0454 e. The molecular formula is C13H16N2. The van der Waals surface area contributed by atoms with E-state index >= 15 is 0 Å². The van der Waals surface area contributed by atoms with Gasteiger partial charge in [0.25, 0.3) is 0 Å². The van der Waals surface area contributed by atoms with E-state index in [1.54, 1.807) is 0 Å². The molecule has 0 bridgehead atoms. The lowest BCUT2D eigenvalue weighted by molar-refractivity contribution is 0.338. The van der Waals surface area contributed by atoms with E-state index in [9.17, 15) is 0 Å². The maximum absolute atomic E-state index is 3.58. The first-order chi connectivity index (χ1) is 7.42. The third-order valence-corrected chi connectivity index (χ3v) is 3.32. The fourth-order valence-corrected chi connectivity index (χ4v) is 2.09. The number of rotatable bonds is 3. The molecule has 3 rings (SSSR count). The lowest BCUT2D eigenvalue weighted by Gasteiger charge is -2.26. The minimum atomic E-state index is 0.770. The zero-order valence-corrected chi connectivity index (χ0v) is 8.79. The van der Waals surface area contributed by atoms with Crippen LogP contribution in [0.4, 0.5) is 0 Å². The molecule has 1 aromatic heterocycles. The van der Waals surface area contributed by atoms with E-state index in [4.69, 9.17) is 0 Å². The molecule has 1 aromatic carbocycles. The van der Waals surface area contributed by atoms with Crippen molar-refractivity contribution in [3.05, 3.63) is 36.0 Å². The lowest BCUT2D eigenvalue weighted by Crippen LogP contribution is -2.34. The van der Waals surface area contributed by atoms with Crippen LogP contribution < -0.4 is 5.32 Å². The molecule has 0 radical (unpaired) electrons. The van der Waals surface area contributed by atoms with Gasteiger partial charge in [-0.2, -0.15) is 0 Å². The highest BCUT2D eigenvalue weighted by atomic mass is 14.9. The molecule has 1 heterocycles. The first-order valence-corrected chi connectivity index (χ1v) is 5.71. The van der Waals surface area contributed by atoms with Crippen molar-refractivity contribution < 1.29 is 0 Å². The molecule has 15 heavy (non-hydrogen) atoms. The average Bonchev–Trinajstić information content (AvgIpc) is 2.62. The van der Waals surface area contributed by atoms with Gasteiger partial charge in [0.1, 0.15) is 0 Å². The number of fused-ring (bicyclic) bond motifs is 1. The molecular weight excluding hydrogens is 184 g/mol. The van der Waals surface area contributed by atoms with Crippen molar-refractivity contribution >= 4 is 10.9 Å². The molecule has 2 aromatic rings. The van der Waals surface area contributed by atoms with Crippen LogP contribution >= 0.6 is 0 Å². The Balaban J connectivity index is 1.72. The third-order valence-electron chi connectivity index (χ3n) is 3.32. The maximum atomic E-state index is 3.58. The van der Waals surface area contributed by atoms with Gasteiger partial charge in [0.15, 0.2) is 0 Å². The largest absolute Gasteiger partial charge is 0.361 e. The number of nitrogens with one attached hydrogen (secondary N) is 2. The summed E-state index contributed by atoms with van der Waals surface area (Å²) >= 11 is 0. The second-order valence-corrected chi connectivity index (χ2v) is 4.41. The van der Waals surface area contributed by atoms with Crippen molar-refractivity contribution in [1.29, 1.82) is 0 Å². The first-order valence-electron chi connectivity index (χ1n) is 5.71. The highest BCUT2D eigenvalue weighted by Crippen LogP contribution is 2.19. The van der Waals surface area contributed by atoms with Crippen molar-refractivity contribution in [3.63, 3.8) is 0 Å². The number of H-pyrrole nitrogens is 1. The van der Waals surface area contributed by atoms with Crippen LogP contribution in [0.15, 0.2) is 30.5 Å². The standard InChI is InChI=1S/C13H16N2/c1-2-12(3-1)15-9-10-4-5-13-11(8-10)6-7-14-13/h4-8,12,14-15H,1-3,9H2. The van der Waals surface area contributed by atoms with Gasteiger partial charge in [-0.05, 0) is 42.0 Å². The number of aromatic nitrogens is 1. The Morgan fingerprint density at radius 1 is 1.27 bits per heavy atom. The van der Waals surface area contributed by atoms with Crippen molar-refractivity contribution in [3.8, 4) is 0 Å². The normalized spacial score (nSPS) is 16.8. The molecule has 2 N–H and O–H groups in total. The fourth-order valence-electron chi connectivity index (χ4n) is 2.09. The van der Waals surface area contributed by atoms with Gasteiger partial charge in [-0.25, -0.2) is 0 Å². The zero-order valence-electron chi connectivity index (χ0n) is 8.79. The predicted molar refractivity (Wildman–Crippen MR) is 62.8 cm³/mol. The number of benzene rings is 1. The zero-order chi connectivity index (χ0) is 10.1. The Morgan fingerprint density at radius 2 is 2.20 bits per heavy atom. The summed E-state index contributed by atoms with van der Waals surface area (Å²) in [5.41, 5.74) is 2.61. The Labute approximate surface area is 89.7 Å². The van der Waals surface area contributed by atoms with Crippen molar-refractivity contribution in [2.75, 3.05) is 0 Å². The molecule has 78 valence electrons. The van der Waals surface area contributed by atoms with Gasteiger partial charge in [0.05, 0.1) is 0 Å². The molecule has 1 aliphatic carbocycles. The molecule has 0 spiro atoms. The van der Waals surface area contributed by atoms with Gasteiger partial charge in [0, 0.05) is 24.3 Å². The Hall–Kier alpha value is -1.28. The van der Waals surface area contributed by atoms with E-state index in [0.717, 1.165) is 12.6 Å². The summed E-state index contributed by atoms with van der Waals surface area (Å²) in [6.45, 7) is 1.01. The van der Waals surface area contributed by atoms with Gasteiger partial charge in [0.2, 0.25) is 0 Å². The number of hydrogen-bond acceptors (Lipinski definition) is 1. The fraction of sp³-hybridized carbons (Fsp3) is 0.385. The summed E-state index contributed by atoms with van der Waals surface area (Å²) < 4.78 is 0. The molecule has 0 saturated heterocycles. The van der Waals surface area contributed by atoms with Gasteiger partial charge < -0.3 is 10.3 Å². The van der Waals surface area contributed by atoms with Crippen molar-refractivity contribution in [1.82, 2.24) is 10.3 Å². The highest BCUT2D eigenvalue weighted by Gasteiger charge is 2.15. The van der Waals surface area contributed by atoms with E-state index in [0.29, 0.717) is 0 Å². The van der Waals surface area contributed by atoms with Crippen LogP contribution in [0.2, 0.25) is 0 Å². The van der Waals surface area contributed by atoms with Gasteiger partial charge >= 0.3 is 0 Å². The van der Waals surface area contributed by atoms with E-state index in [-0.39, 0.29) is 0 Å². The molecule has 1 aliphatic rings. The summed E-state index contributed by atoms with van der Waals surface area (Å²) in [7, 11) is 0. The van der Waals surface area contributed by atoms with Crippen LogP contribution in [0.5, 0.6) is 0 Å². The molecule has 2 nitrogen and oxygen atoms in total. The summed E-state index contributed by atoms with van der Waals surface area (Å²) in [5, 5.41) is 4.89. The third kappa shape index (κ3) is 1.77. The molecule has 1 fully saturated rings. The van der Waals surface area contributed by atoms with Crippen LogP contribution in [-0.4, -0.2) is 11.0 Å². The summed E-state index contributed by atoms with van der Waals surface area (Å²) in [5.74, 6) is 0. The minimum absolute atomic E-state index is 0.770. The summed E-state index contributed by atoms with van der Waals surface area (Å²) in [4.78, 5) is 3.21. The van der Waals surface area contributed by atoms with E-state index in [1.807, 2.05) is 6.20 Å². The molecule has 0 unspecified atom stereocenters. The molecule has 1 saturated carbocycles. The quantitative estimate of drug-likeness (QED) is 0.783. The monoisotopic (exact) mass is 200 g/mol. The molecule has 0 atom stereocenters.